The summed E-state index contributed by atoms with van der Waals surface area (Å²) in [7, 11) is -1.77. The third-order valence-electron chi connectivity index (χ3n) is 6.36. The largest absolute Gasteiger partial charge is 0.497 e. The zero-order chi connectivity index (χ0) is 24.0. The Labute approximate surface area is 198 Å². The average Bonchev–Trinajstić information content (AvgIpc) is 2.80. The maximum atomic E-state index is 13.1. The van der Waals surface area contributed by atoms with Crippen LogP contribution in [0.3, 0.4) is 0 Å². The highest BCUT2D eigenvalue weighted by Crippen LogP contribution is 2.27. The molecule has 0 bridgehead atoms. The van der Waals surface area contributed by atoms with Crippen LogP contribution in [0.1, 0.15) is 55.8 Å². The minimum atomic E-state index is -3.41. The number of carbonyl (C=O) groups is 1. The van der Waals surface area contributed by atoms with Crippen molar-refractivity contribution in [1.82, 2.24) is 9.62 Å². The molecule has 6 nitrogen and oxygen atoms in total. The molecule has 0 spiro atoms. The Hall–Kier alpha value is -2.38. The maximum Gasteiger partial charge on any atom is 0.223 e. The Kier molecular flexibility index (Phi) is 8.54. The summed E-state index contributed by atoms with van der Waals surface area (Å²) in [6.45, 7) is 6.96. The van der Waals surface area contributed by atoms with Crippen molar-refractivity contribution in [3.8, 4) is 5.75 Å². The molecule has 2 aromatic carbocycles. The van der Waals surface area contributed by atoms with Crippen molar-refractivity contribution in [2.45, 2.75) is 51.8 Å². The fourth-order valence-corrected chi connectivity index (χ4v) is 6.00. The van der Waals surface area contributed by atoms with E-state index in [0.29, 0.717) is 31.8 Å². The van der Waals surface area contributed by atoms with Crippen LogP contribution in [0, 0.1) is 18.8 Å². The smallest absolute Gasteiger partial charge is 0.223 e. The average molecular weight is 473 g/mol. The summed E-state index contributed by atoms with van der Waals surface area (Å²) in [5, 5.41) is 3.22. The summed E-state index contributed by atoms with van der Waals surface area (Å²) in [6, 6.07) is 15.3. The van der Waals surface area contributed by atoms with Gasteiger partial charge in [-0.05, 0) is 60.9 Å². The van der Waals surface area contributed by atoms with Crippen LogP contribution in [0.2, 0.25) is 0 Å². The molecular formula is C26H36N2O4S. The molecule has 0 aliphatic carbocycles. The van der Waals surface area contributed by atoms with Crippen LogP contribution in [0.4, 0.5) is 0 Å². The number of nitrogens with one attached hydrogen (secondary N) is 1. The van der Waals surface area contributed by atoms with Crippen LogP contribution in [0.5, 0.6) is 5.75 Å². The number of rotatable bonds is 9. The molecule has 7 heteroatoms. The van der Waals surface area contributed by atoms with E-state index in [1.54, 1.807) is 7.11 Å². The van der Waals surface area contributed by atoms with Crippen molar-refractivity contribution in [1.29, 1.82) is 0 Å². The fourth-order valence-electron chi connectivity index (χ4n) is 4.33. The number of sulfonamides is 1. The van der Waals surface area contributed by atoms with Crippen LogP contribution in [-0.4, -0.2) is 38.8 Å². The van der Waals surface area contributed by atoms with E-state index < -0.39 is 10.0 Å². The quantitative estimate of drug-likeness (QED) is 0.585. The van der Waals surface area contributed by atoms with Crippen molar-refractivity contribution < 1.29 is 17.9 Å². The van der Waals surface area contributed by atoms with Gasteiger partial charge in [-0.1, -0.05) is 50.2 Å². The van der Waals surface area contributed by atoms with Crippen molar-refractivity contribution in [2.75, 3.05) is 20.2 Å². The van der Waals surface area contributed by atoms with Gasteiger partial charge in [0.1, 0.15) is 5.75 Å². The molecule has 3 rings (SSSR count). The first kappa shape index (κ1) is 25.2. The molecule has 0 aromatic heterocycles. The van der Waals surface area contributed by atoms with Crippen LogP contribution in [-0.2, 0) is 20.6 Å². The predicted molar refractivity (Wildman–Crippen MR) is 131 cm³/mol. The summed E-state index contributed by atoms with van der Waals surface area (Å²) >= 11 is 0. The first-order valence-electron chi connectivity index (χ1n) is 11.7. The number of methoxy groups -OCH3 is 1. The van der Waals surface area contributed by atoms with Gasteiger partial charge < -0.3 is 10.1 Å². The first-order valence-corrected chi connectivity index (χ1v) is 13.3. The molecule has 1 saturated heterocycles. The number of aryl methyl sites for hydroxylation is 1. The molecule has 0 radical (unpaired) electrons. The molecule has 180 valence electrons. The predicted octanol–water partition coefficient (Wildman–Crippen LogP) is 4.45. The highest BCUT2D eigenvalue weighted by molar-refractivity contribution is 7.88. The summed E-state index contributed by atoms with van der Waals surface area (Å²) in [5.74, 6) is 1.04. The Bertz CT molecular complexity index is 1030. The van der Waals surface area contributed by atoms with Gasteiger partial charge in [0.15, 0.2) is 0 Å². The van der Waals surface area contributed by atoms with Crippen LogP contribution in [0.25, 0.3) is 0 Å². The Morgan fingerprint density at radius 3 is 2.30 bits per heavy atom. The third kappa shape index (κ3) is 6.81. The molecule has 2 aromatic rings. The van der Waals surface area contributed by atoms with E-state index in [1.807, 2.05) is 55.5 Å². The van der Waals surface area contributed by atoms with Crippen molar-refractivity contribution >= 4 is 15.9 Å². The van der Waals surface area contributed by atoms with Gasteiger partial charge in [0.25, 0.3) is 0 Å². The lowest BCUT2D eigenvalue weighted by molar-refractivity contribution is -0.127. The number of hydrogen-bond donors (Lipinski definition) is 1. The van der Waals surface area contributed by atoms with Gasteiger partial charge in [-0.3, -0.25) is 4.79 Å². The van der Waals surface area contributed by atoms with Gasteiger partial charge in [-0.15, -0.1) is 0 Å². The molecule has 0 saturated carbocycles. The van der Waals surface area contributed by atoms with Gasteiger partial charge >= 0.3 is 0 Å². The summed E-state index contributed by atoms with van der Waals surface area (Å²) in [5.41, 5.74) is 2.86. The fraction of sp³-hybridized carbons (Fsp3) is 0.500. The second kappa shape index (κ2) is 11.2. The van der Waals surface area contributed by atoms with E-state index in [-0.39, 0.29) is 23.6 Å². The van der Waals surface area contributed by atoms with Gasteiger partial charge in [0.05, 0.1) is 18.9 Å². The zero-order valence-corrected chi connectivity index (χ0v) is 20.9. The van der Waals surface area contributed by atoms with E-state index in [4.69, 9.17) is 4.74 Å². The molecule has 1 aliphatic rings. The second-order valence-corrected chi connectivity index (χ2v) is 11.3. The lowest BCUT2D eigenvalue weighted by Crippen LogP contribution is -2.44. The summed E-state index contributed by atoms with van der Waals surface area (Å²) < 4.78 is 32.7. The van der Waals surface area contributed by atoms with E-state index in [1.165, 1.54) is 4.31 Å². The van der Waals surface area contributed by atoms with Crippen LogP contribution in [0.15, 0.2) is 48.5 Å². The van der Waals surface area contributed by atoms with Crippen LogP contribution >= 0.6 is 0 Å². The zero-order valence-electron chi connectivity index (χ0n) is 20.1. The molecular weight excluding hydrogens is 436 g/mol. The molecule has 1 amide bonds. The normalized spacial score (nSPS) is 16.5. The van der Waals surface area contributed by atoms with E-state index >= 15 is 0 Å². The minimum absolute atomic E-state index is 0.00443. The summed E-state index contributed by atoms with van der Waals surface area (Å²) in [6.07, 6.45) is 1.91. The van der Waals surface area contributed by atoms with Crippen LogP contribution < -0.4 is 10.1 Å². The van der Waals surface area contributed by atoms with Gasteiger partial charge in [0.2, 0.25) is 15.9 Å². The van der Waals surface area contributed by atoms with Crippen molar-refractivity contribution in [3.05, 3.63) is 65.2 Å². The first-order chi connectivity index (χ1) is 15.7. The summed E-state index contributed by atoms with van der Waals surface area (Å²) in [4.78, 5) is 13.1. The SMILES string of the molecule is COc1ccc([C@@H](CC(C)C)NC(=O)C2CCN(S(=O)(=O)Cc3ccccc3C)CC2)cc1. The maximum absolute atomic E-state index is 13.1. The Morgan fingerprint density at radius 1 is 1.09 bits per heavy atom. The third-order valence-corrected chi connectivity index (χ3v) is 8.19. The van der Waals surface area contributed by atoms with Crippen molar-refractivity contribution in [3.63, 3.8) is 0 Å². The Morgan fingerprint density at radius 2 is 1.73 bits per heavy atom. The highest BCUT2D eigenvalue weighted by Gasteiger charge is 2.32. The number of piperidine rings is 1. The molecule has 33 heavy (non-hydrogen) atoms. The van der Waals surface area contributed by atoms with E-state index in [0.717, 1.165) is 28.9 Å². The molecule has 1 atom stereocenters. The number of hydrogen-bond acceptors (Lipinski definition) is 4. The number of carbonyl (C=O) groups excluding carboxylic acids is 1. The lowest BCUT2D eigenvalue weighted by Gasteiger charge is -2.32. The minimum Gasteiger partial charge on any atom is -0.497 e. The standard InChI is InChI=1S/C26H36N2O4S/c1-19(2)17-25(21-9-11-24(32-4)12-10-21)27-26(29)22-13-15-28(16-14-22)33(30,31)18-23-8-6-5-7-20(23)3/h5-12,19,22,25H,13-18H2,1-4H3,(H,27,29)/t25-/m1/s1. The van der Waals surface area contributed by atoms with E-state index in [9.17, 15) is 13.2 Å². The number of ether oxygens (including phenoxy) is 1. The number of benzene rings is 2. The van der Waals surface area contributed by atoms with E-state index in [2.05, 4.69) is 19.2 Å². The molecule has 1 fully saturated rings. The molecule has 0 unspecified atom stereocenters. The van der Waals surface area contributed by atoms with Gasteiger partial charge in [-0.25, -0.2) is 12.7 Å². The Balaban J connectivity index is 1.60. The second-order valence-electron chi connectivity index (χ2n) is 9.32. The number of nitrogens with zero attached hydrogens (tertiary/aromatic N) is 1. The van der Waals surface area contributed by atoms with Gasteiger partial charge in [0, 0.05) is 19.0 Å². The van der Waals surface area contributed by atoms with Crippen molar-refractivity contribution in [2.24, 2.45) is 11.8 Å². The highest BCUT2D eigenvalue weighted by atomic mass is 32.2. The molecule has 1 N–H and O–H groups in total. The molecule has 1 heterocycles. The lowest BCUT2D eigenvalue weighted by atomic mass is 9.93. The topological polar surface area (TPSA) is 75.7 Å². The number of amides is 1. The van der Waals surface area contributed by atoms with Gasteiger partial charge in [-0.2, -0.15) is 0 Å². The monoisotopic (exact) mass is 472 g/mol. The molecule has 1 aliphatic heterocycles.